The zero-order chi connectivity index (χ0) is 35.6. The molecule has 0 amide bonds. The van der Waals surface area contributed by atoms with Gasteiger partial charge in [0.1, 0.15) is 5.69 Å². The first-order valence-corrected chi connectivity index (χ1v) is 16.5. The van der Waals surface area contributed by atoms with Crippen LogP contribution in [0.3, 0.4) is 0 Å². The third kappa shape index (κ3) is 11.6. The Morgan fingerprint density at radius 3 is 2.44 bits per heavy atom. The van der Waals surface area contributed by atoms with Gasteiger partial charge < -0.3 is 31.2 Å². The molecule has 0 aliphatic rings. The van der Waals surface area contributed by atoms with Gasteiger partial charge in [0, 0.05) is 21.8 Å². The Balaban J connectivity index is 0.00000676. The van der Waals surface area contributed by atoms with Gasteiger partial charge in [-0.25, -0.2) is 10.1 Å². The molecule has 0 aliphatic heterocycles. The summed E-state index contributed by atoms with van der Waals surface area (Å²) in [6.45, 7) is 0. The van der Waals surface area contributed by atoms with Crippen molar-refractivity contribution < 1.29 is 69.6 Å². The minimum Gasteiger partial charge on any atom is -0.573 e. The fourth-order valence-electron chi connectivity index (χ4n) is 3.52. The number of aromatic carboxylic acids is 1. The molecular formula is C26H20ClCuN8O11S3. The normalized spacial score (nSPS) is 11.6. The van der Waals surface area contributed by atoms with E-state index in [1.165, 1.54) is 18.2 Å². The zero-order valence-electron chi connectivity index (χ0n) is 24.4. The first-order valence-electron chi connectivity index (χ1n) is 13.0. The van der Waals surface area contributed by atoms with Gasteiger partial charge in [-0.2, -0.15) is 23.4 Å². The van der Waals surface area contributed by atoms with Crippen molar-refractivity contribution in [1.82, 2.24) is 15.0 Å². The molecule has 0 unspecified atom stereocenters. The molecule has 0 spiro atoms. The van der Waals surface area contributed by atoms with Crippen LogP contribution in [-0.2, 0) is 41.4 Å². The van der Waals surface area contributed by atoms with Gasteiger partial charge in [0.2, 0.25) is 11.2 Å². The van der Waals surface area contributed by atoms with E-state index in [1.807, 2.05) is 0 Å². The van der Waals surface area contributed by atoms with Crippen LogP contribution < -0.4 is 5.32 Å². The fraction of sp³-hybridized carbons (Fsp3) is 0.0769. The second-order valence-electron chi connectivity index (χ2n) is 8.94. The summed E-state index contributed by atoms with van der Waals surface area (Å²) in [6.07, 6.45) is -0.203. The van der Waals surface area contributed by atoms with E-state index in [0.29, 0.717) is 17.6 Å². The molecule has 266 valence electrons. The third-order valence-electron chi connectivity index (χ3n) is 5.64. The fourth-order valence-corrected chi connectivity index (χ4v) is 5.41. The summed E-state index contributed by atoms with van der Waals surface area (Å²) >= 11 is 7.45. The molecule has 50 heavy (non-hydrogen) atoms. The number of aromatic hydroxyl groups is 1. The Kier molecular flexibility index (Phi) is 14.8. The number of phenolic OH excluding ortho intramolecular Hbond substituents is 1. The first-order chi connectivity index (χ1) is 23.3. The molecule has 0 saturated carbocycles. The van der Waals surface area contributed by atoms with Crippen LogP contribution in [0.4, 0.5) is 23.0 Å². The summed E-state index contributed by atoms with van der Waals surface area (Å²) < 4.78 is 38.4. The Morgan fingerprint density at radius 2 is 1.78 bits per heavy atom. The van der Waals surface area contributed by atoms with E-state index < -0.39 is 38.4 Å². The average molecular weight is 816 g/mol. The Bertz CT molecular complexity index is 2030. The van der Waals surface area contributed by atoms with Gasteiger partial charge in [-0.1, -0.05) is 53.2 Å². The van der Waals surface area contributed by atoms with Crippen molar-refractivity contribution in [2.24, 2.45) is 15.3 Å². The second kappa shape index (κ2) is 18.5. The molecule has 4 rings (SSSR count). The maximum absolute atomic E-state index is 12.1. The van der Waals surface area contributed by atoms with Gasteiger partial charge in [-0.05, 0) is 35.9 Å². The number of azo groups is 1. The summed E-state index contributed by atoms with van der Waals surface area (Å²) in [5, 5.41) is 55.7. The van der Waals surface area contributed by atoms with Crippen LogP contribution in [-0.4, -0.2) is 72.0 Å². The van der Waals surface area contributed by atoms with Crippen molar-refractivity contribution >= 4 is 86.3 Å². The Hall–Kier alpha value is -4.42. The van der Waals surface area contributed by atoms with Crippen LogP contribution >= 0.6 is 35.4 Å². The first kappa shape index (κ1) is 40.0. The van der Waals surface area contributed by atoms with E-state index in [4.69, 9.17) is 22.0 Å². The number of carbonyl (C=O) groups is 2. The summed E-state index contributed by atoms with van der Waals surface area (Å²) in [7, 11) is -4.89. The second-order valence-corrected chi connectivity index (χ2v) is 12.5. The van der Waals surface area contributed by atoms with Crippen LogP contribution in [0.1, 0.15) is 22.3 Å². The molecule has 0 saturated heterocycles. The number of thioether (sulfide) groups is 1. The molecule has 0 aliphatic carbocycles. The number of hydrogen-bond donors (Lipinski definition) is 6. The Morgan fingerprint density at radius 1 is 1.04 bits per heavy atom. The van der Waals surface area contributed by atoms with Gasteiger partial charge in [0.15, 0.2) is 16.7 Å². The number of hydrogen-bond acceptors (Lipinski definition) is 16. The van der Waals surface area contributed by atoms with Crippen molar-refractivity contribution in [3.05, 3.63) is 82.5 Å². The molecule has 0 radical (unpaired) electrons. The number of carboxylic acid groups (broad SMARTS) is 2. The van der Waals surface area contributed by atoms with Crippen LogP contribution in [0.15, 0.2) is 90.9 Å². The minimum absolute atomic E-state index is 0. The maximum Gasteiger partial charge on any atom is 1.00 e. The van der Waals surface area contributed by atoms with E-state index >= 15 is 0 Å². The quantitative estimate of drug-likeness (QED) is 0.00759. The van der Waals surface area contributed by atoms with Crippen molar-refractivity contribution in [3.63, 3.8) is 0 Å². The minimum atomic E-state index is -4.89. The number of nitrogens with zero attached hydrogens (tertiary/aromatic N) is 7. The number of nitrogens with one attached hydrogen (secondary N) is 1. The van der Waals surface area contributed by atoms with Crippen LogP contribution in [0.25, 0.3) is 5.43 Å². The van der Waals surface area contributed by atoms with Crippen molar-refractivity contribution in [2.75, 3.05) is 11.1 Å². The van der Waals surface area contributed by atoms with Gasteiger partial charge in [-0.15, -0.1) is 20.2 Å². The van der Waals surface area contributed by atoms with E-state index in [-0.39, 0.29) is 73.3 Å². The topological polar surface area (TPSA) is 290 Å². The van der Waals surface area contributed by atoms with Crippen LogP contribution in [0, 0.1) is 0 Å². The number of aromatic nitrogens is 3. The van der Waals surface area contributed by atoms with Gasteiger partial charge in [0.25, 0.3) is 10.1 Å². The average Bonchev–Trinajstić information content (AvgIpc) is 3.04. The molecule has 0 bridgehead atoms. The van der Waals surface area contributed by atoms with Crippen molar-refractivity contribution in [1.29, 1.82) is 0 Å². The molecule has 4 aromatic rings. The summed E-state index contributed by atoms with van der Waals surface area (Å²) in [4.78, 5) is 34.0. The Labute approximate surface area is 305 Å². The number of amidine groups is 1. The predicted octanol–water partition coefficient (Wildman–Crippen LogP) is 6.06. The molecule has 0 atom stereocenters. The van der Waals surface area contributed by atoms with Crippen LogP contribution in [0.5, 0.6) is 5.75 Å². The number of halogens is 1. The SMILES string of the molecule is O=C(O)CCSc1nc(Cl)nc(Nc2cc(S(=O)(=O)O)cc(N=N/C(=N\[N-]c3cc(SOOO)ccc3C(=O)O)c3ccccc3)c2O)n1.[Cu+]. The standard InChI is InChI=1S/C26H21ClN8O11S3.Cu/c27-24-29-25(31-26(30-24)47-9-8-20(36)37)28-18-11-15(49(42,43)44)12-19(21(18)38)33-35-22(13-4-2-1-3-5-13)34-32-17-10-14(48-46-45-41)6-7-16(17)23(39)40;/h1-7,10-12H,8-9H2,(H7,28,29,30,31,32,33,34,35,36,37,38,39,40,41,42,43,44);/q;+1/p-1. The monoisotopic (exact) mass is 814 g/mol. The number of phenols is 1. The smallest absolute Gasteiger partial charge is 0.573 e. The van der Waals surface area contributed by atoms with E-state index in [2.05, 4.69) is 50.4 Å². The maximum atomic E-state index is 12.1. The largest absolute Gasteiger partial charge is 1.00 e. The molecular weight excluding hydrogens is 796 g/mol. The van der Waals surface area contributed by atoms with E-state index in [1.54, 1.807) is 30.3 Å². The predicted molar refractivity (Wildman–Crippen MR) is 174 cm³/mol. The van der Waals surface area contributed by atoms with Gasteiger partial charge in [0.05, 0.1) is 29.0 Å². The number of aliphatic carboxylic acids is 1. The number of anilines is 2. The molecule has 0 fully saturated rings. The zero-order valence-corrected chi connectivity index (χ0v) is 28.6. The van der Waals surface area contributed by atoms with E-state index in [9.17, 15) is 32.8 Å². The third-order valence-corrected chi connectivity index (χ3v) is 8.06. The molecule has 1 aromatic heterocycles. The summed E-state index contributed by atoms with van der Waals surface area (Å²) in [5.41, 5.74) is 3.00. The number of benzene rings is 3. The van der Waals surface area contributed by atoms with Crippen molar-refractivity contribution in [2.45, 2.75) is 21.4 Å². The van der Waals surface area contributed by atoms with Crippen molar-refractivity contribution in [3.8, 4) is 5.75 Å². The van der Waals surface area contributed by atoms with Gasteiger partial charge >= 0.3 is 29.0 Å². The molecule has 3 aromatic carbocycles. The number of rotatable bonds is 15. The van der Waals surface area contributed by atoms with Gasteiger partial charge in [-0.3, -0.25) is 9.35 Å². The van der Waals surface area contributed by atoms with E-state index in [0.717, 1.165) is 23.9 Å². The van der Waals surface area contributed by atoms with Crippen LogP contribution in [0.2, 0.25) is 5.28 Å². The number of carboxylic acids is 2. The summed E-state index contributed by atoms with van der Waals surface area (Å²) in [6, 6.07) is 13.5. The molecule has 6 N–H and O–H groups in total. The molecule has 24 heteroatoms. The summed E-state index contributed by atoms with van der Waals surface area (Å²) in [5.74, 6) is -3.50. The molecule has 19 nitrogen and oxygen atoms in total. The molecule has 1 heterocycles.